The van der Waals surface area contributed by atoms with Crippen LogP contribution in [0.15, 0.2) is 36.4 Å². The van der Waals surface area contributed by atoms with Crippen LogP contribution >= 0.6 is 0 Å². The first-order chi connectivity index (χ1) is 13.5. The molecule has 0 N–H and O–H groups in total. The Labute approximate surface area is 165 Å². The minimum absolute atomic E-state index is 0.0693. The van der Waals surface area contributed by atoms with Crippen molar-refractivity contribution in [3.05, 3.63) is 63.2 Å². The number of aryl methyl sites for hydroxylation is 1. The SMILES string of the molecule is COc1cc(CN2CCN(Cc3cccc(C)c3)CC2)c([N+](=O)[O-])cc1OC. The number of nitrogens with zero attached hydrogens (tertiary/aromatic N) is 3. The van der Waals surface area contributed by atoms with Crippen molar-refractivity contribution < 1.29 is 14.4 Å². The normalized spacial score (nSPS) is 15.4. The zero-order valence-electron chi connectivity index (χ0n) is 16.7. The fourth-order valence-corrected chi connectivity index (χ4v) is 3.62. The van der Waals surface area contributed by atoms with E-state index in [1.54, 1.807) is 6.07 Å². The van der Waals surface area contributed by atoms with E-state index in [9.17, 15) is 10.1 Å². The number of hydrogen-bond donors (Lipinski definition) is 0. The van der Waals surface area contributed by atoms with Gasteiger partial charge in [0.15, 0.2) is 11.5 Å². The molecule has 0 atom stereocenters. The van der Waals surface area contributed by atoms with Gasteiger partial charge in [0.05, 0.1) is 25.2 Å². The van der Waals surface area contributed by atoms with Crippen LogP contribution in [0.25, 0.3) is 0 Å². The first kappa shape index (κ1) is 20.1. The maximum absolute atomic E-state index is 11.5. The summed E-state index contributed by atoms with van der Waals surface area (Å²) in [4.78, 5) is 15.8. The van der Waals surface area contributed by atoms with E-state index in [4.69, 9.17) is 9.47 Å². The van der Waals surface area contributed by atoms with Crippen LogP contribution in [0.4, 0.5) is 5.69 Å². The third-order valence-electron chi connectivity index (χ3n) is 5.13. The molecule has 0 bridgehead atoms. The Kier molecular flexibility index (Phi) is 6.49. The Morgan fingerprint density at radius 1 is 0.964 bits per heavy atom. The molecule has 1 saturated heterocycles. The number of nitro benzene ring substituents is 1. The average molecular weight is 385 g/mol. The zero-order valence-corrected chi connectivity index (χ0v) is 16.7. The second kappa shape index (κ2) is 9.03. The van der Waals surface area contributed by atoms with Gasteiger partial charge in [-0.05, 0) is 18.6 Å². The van der Waals surface area contributed by atoms with Gasteiger partial charge >= 0.3 is 0 Å². The molecule has 0 saturated carbocycles. The summed E-state index contributed by atoms with van der Waals surface area (Å²) in [5.41, 5.74) is 3.32. The topological polar surface area (TPSA) is 68.1 Å². The predicted molar refractivity (Wildman–Crippen MR) is 108 cm³/mol. The van der Waals surface area contributed by atoms with Gasteiger partial charge in [0.2, 0.25) is 0 Å². The molecule has 0 aliphatic carbocycles. The number of hydrogen-bond acceptors (Lipinski definition) is 6. The number of benzene rings is 2. The zero-order chi connectivity index (χ0) is 20.1. The maximum Gasteiger partial charge on any atom is 0.277 e. The second-order valence-electron chi connectivity index (χ2n) is 7.13. The molecule has 3 rings (SSSR count). The molecule has 0 amide bonds. The summed E-state index contributed by atoms with van der Waals surface area (Å²) in [6, 6.07) is 11.7. The van der Waals surface area contributed by atoms with Crippen LogP contribution in [0.2, 0.25) is 0 Å². The number of nitro groups is 1. The predicted octanol–water partition coefficient (Wildman–Crippen LogP) is 3.24. The molecule has 1 aliphatic rings. The molecule has 2 aromatic rings. The molecule has 0 radical (unpaired) electrons. The summed E-state index contributed by atoms with van der Waals surface area (Å²) < 4.78 is 10.5. The highest BCUT2D eigenvalue weighted by Crippen LogP contribution is 2.35. The Bertz CT molecular complexity index is 832. The molecule has 0 spiro atoms. The van der Waals surface area contributed by atoms with Crippen molar-refractivity contribution in [2.75, 3.05) is 40.4 Å². The molecule has 1 heterocycles. The van der Waals surface area contributed by atoms with Gasteiger partial charge in [0.1, 0.15) is 0 Å². The summed E-state index contributed by atoms with van der Waals surface area (Å²) in [6.07, 6.45) is 0. The fourth-order valence-electron chi connectivity index (χ4n) is 3.62. The lowest BCUT2D eigenvalue weighted by molar-refractivity contribution is -0.385. The van der Waals surface area contributed by atoms with Crippen LogP contribution in [-0.4, -0.2) is 55.1 Å². The van der Waals surface area contributed by atoms with Crippen LogP contribution in [0.1, 0.15) is 16.7 Å². The molecule has 28 heavy (non-hydrogen) atoms. The quantitative estimate of drug-likeness (QED) is 0.538. The van der Waals surface area contributed by atoms with Crippen LogP contribution in [-0.2, 0) is 13.1 Å². The van der Waals surface area contributed by atoms with Gasteiger partial charge in [-0.2, -0.15) is 0 Å². The van der Waals surface area contributed by atoms with Gasteiger partial charge in [-0.1, -0.05) is 29.8 Å². The number of ether oxygens (including phenoxy) is 2. The molecular formula is C21H27N3O4. The van der Waals surface area contributed by atoms with E-state index in [1.165, 1.54) is 31.4 Å². The van der Waals surface area contributed by atoms with E-state index in [1.807, 2.05) is 0 Å². The van der Waals surface area contributed by atoms with Gasteiger partial charge in [-0.15, -0.1) is 0 Å². The lowest BCUT2D eigenvalue weighted by atomic mass is 10.1. The van der Waals surface area contributed by atoms with Crippen molar-refractivity contribution in [3.8, 4) is 11.5 Å². The first-order valence-electron chi connectivity index (χ1n) is 9.39. The molecule has 0 unspecified atom stereocenters. The van der Waals surface area contributed by atoms with Crippen molar-refractivity contribution in [1.82, 2.24) is 9.80 Å². The Morgan fingerprint density at radius 3 is 2.14 bits per heavy atom. The van der Waals surface area contributed by atoms with Crippen molar-refractivity contribution in [1.29, 1.82) is 0 Å². The largest absolute Gasteiger partial charge is 0.493 e. The van der Waals surface area contributed by atoms with Gasteiger partial charge in [-0.3, -0.25) is 19.9 Å². The van der Waals surface area contributed by atoms with Crippen LogP contribution in [0.3, 0.4) is 0 Å². The van der Waals surface area contributed by atoms with Gasteiger partial charge in [-0.25, -0.2) is 0 Å². The highest BCUT2D eigenvalue weighted by atomic mass is 16.6. The molecular weight excluding hydrogens is 358 g/mol. The molecule has 150 valence electrons. The Balaban J connectivity index is 1.65. The molecule has 1 fully saturated rings. The van der Waals surface area contributed by atoms with E-state index < -0.39 is 0 Å². The van der Waals surface area contributed by atoms with Crippen molar-refractivity contribution >= 4 is 5.69 Å². The minimum Gasteiger partial charge on any atom is -0.493 e. The van der Waals surface area contributed by atoms with Crippen molar-refractivity contribution in [2.24, 2.45) is 0 Å². The summed E-state index contributed by atoms with van der Waals surface area (Å²) >= 11 is 0. The van der Waals surface area contributed by atoms with Crippen LogP contribution in [0.5, 0.6) is 11.5 Å². The van der Waals surface area contributed by atoms with E-state index >= 15 is 0 Å². The van der Waals surface area contributed by atoms with Gasteiger partial charge in [0.25, 0.3) is 5.69 Å². The van der Waals surface area contributed by atoms with Gasteiger partial charge < -0.3 is 9.47 Å². The highest BCUT2D eigenvalue weighted by molar-refractivity contribution is 5.54. The van der Waals surface area contributed by atoms with Crippen molar-refractivity contribution in [2.45, 2.75) is 20.0 Å². The molecule has 0 aromatic heterocycles. The smallest absolute Gasteiger partial charge is 0.277 e. The Morgan fingerprint density at radius 2 is 1.57 bits per heavy atom. The summed E-state index contributed by atoms with van der Waals surface area (Å²) in [5, 5.41) is 11.5. The highest BCUT2D eigenvalue weighted by Gasteiger charge is 2.23. The number of piperazine rings is 1. The van der Waals surface area contributed by atoms with E-state index in [0.717, 1.165) is 32.7 Å². The lowest BCUT2D eigenvalue weighted by Gasteiger charge is -2.34. The Hall–Kier alpha value is -2.64. The molecule has 1 aliphatic heterocycles. The second-order valence-corrected chi connectivity index (χ2v) is 7.13. The maximum atomic E-state index is 11.5. The fraction of sp³-hybridized carbons (Fsp3) is 0.429. The third-order valence-corrected chi connectivity index (χ3v) is 5.13. The summed E-state index contributed by atoms with van der Waals surface area (Å²) in [6.45, 7) is 7.19. The number of rotatable bonds is 7. The van der Waals surface area contributed by atoms with E-state index in [2.05, 4.69) is 41.0 Å². The lowest BCUT2D eigenvalue weighted by Crippen LogP contribution is -2.45. The number of methoxy groups -OCH3 is 2. The van der Waals surface area contributed by atoms with E-state index in [-0.39, 0.29) is 10.6 Å². The standard InChI is InChI=1S/C21H27N3O4/c1-16-5-4-6-17(11-16)14-22-7-9-23(10-8-22)15-18-12-20(27-2)21(28-3)13-19(18)24(25)26/h4-6,11-13H,7-10,14-15H2,1-3H3. The van der Waals surface area contributed by atoms with Gasteiger partial charge in [0, 0.05) is 44.8 Å². The van der Waals surface area contributed by atoms with Crippen molar-refractivity contribution in [3.63, 3.8) is 0 Å². The minimum atomic E-state index is -0.356. The summed E-state index contributed by atoms with van der Waals surface area (Å²) in [7, 11) is 3.02. The molecule has 7 heteroatoms. The molecule has 2 aromatic carbocycles. The van der Waals surface area contributed by atoms with E-state index in [0.29, 0.717) is 23.6 Å². The molecule has 7 nitrogen and oxygen atoms in total. The van der Waals surface area contributed by atoms with Crippen LogP contribution in [0, 0.1) is 17.0 Å². The van der Waals surface area contributed by atoms with Crippen LogP contribution < -0.4 is 9.47 Å². The first-order valence-corrected chi connectivity index (χ1v) is 9.39. The monoisotopic (exact) mass is 385 g/mol. The third kappa shape index (κ3) is 4.79. The summed E-state index contributed by atoms with van der Waals surface area (Å²) in [5.74, 6) is 0.891. The average Bonchev–Trinajstić information content (AvgIpc) is 2.69.